The first-order chi connectivity index (χ1) is 32.5. The van der Waals surface area contributed by atoms with Gasteiger partial charge in [-0.3, -0.25) is 8.80 Å². The molecule has 0 N–H and O–H groups in total. The molecule has 67 heavy (non-hydrogen) atoms. The highest BCUT2D eigenvalue weighted by molar-refractivity contribution is 6.16. The van der Waals surface area contributed by atoms with Crippen molar-refractivity contribution in [2.75, 3.05) is 0 Å². The van der Waals surface area contributed by atoms with Crippen molar-refractivity contribution in [1.29, 1.82) is 0 Å². The van der Waals surface area contributed by atoms with E-state index < -0.39 is 0 Å². The van der Waals surface area contributed by atoms with Crippen molar-refractivity contribution in [3.8, 4) is 33.8 Å². The topological polar surface area (TPSA) is 43.8 Å². The lowest BCUT2D eigenvalue weighted by atomic mass is 9.84. The first kappa shape index (κ1) is 41.0. The molecular formula is C62H54N4O. The van der Waals surface area contributed by atoms with Crippen LogP contribution in [0.5, 0.6) is 11.5 Å². The number of nitrogens with zero attached hydrogens (tertiary/aromatic N) is 4. The van der Waals surface area contributed by atoms with Crippen LogP contribution in [0.3, 0.4) is 0 Å². The Balaban J connectivity index is 1.04. The molecule has 0 aliphatic heterocycles. The molecule has 5 nitrogen and oxygen atoms in total. The Labute approximate surface area is 391 Å². The van der Waals surface area contributed by atoms with Crippen molar-refractivity contribution >= 4 is 76.7 Å². The Kier molecular flexibility index (Phi) is 9.51. The fourth-order valence-electron chi connectivity index (χ4n) is 11.0. The Morgan fingerprint density at radius 1 is 0.343 bits per heavy atom. The van der Waals surface area contributed by atoms with Crippen molar-refractivity contribution in [3.05, 3.63) is 180 Å². The van der Waals surface area contributed by atoms with Crippen LogP contribution in [-0.4, -0.2) is 18.8 Å². The predicted molar refractivity (Wildman–Crippen MR) is 283 cm³/mol. The number of ether oxygens (including phenoxy) is 1. The summed E-state index contributed by atoms with van der Waals surface area (Å²) in [6, 6.07) is 57.6. The number of rotatable bonds is 8. The fraction of sp³-hybridized carbons (Fsp3) is 0.194. The van der Waals surface area contributed by atoms with Gasteiger partial charge in [-0.1, -0.05) is 134 Å². The van der Waals surface area contributed by atoms with Gasteiger partial charge in [-0.15, -0.1) is 0 Å². The van der Waals surface area contributed by atoms with Gasteiger partial charge in [-0.25, -0.2) is 9.97 Å². The average Bonchev–Trinajstić information content (AvgIpc) is 3.93. The third kappa shape index (κ3) is 6.42. The molecule has 5 heteroatoms. The van der Waals surface area contributed by atoms with Crippen LogP contribution in [0.2, 0.25) is 0 Å². The number of aromatic nitrogens is 4. The number of para-hydroxylation sites is 4. The largest absolute Gasteiger partial charge is 0.457 e. The highest BCUT2D eigenvalue weighted by Crippen LogP contribution is 2.43. The van der Waals surface area contributed by atoms with Crippen molar-refractivity contribution in [1.82, 2.24) is 18.8 Å². The summed E-state index contributed by atoms with van der Waals surface area (Å²) in [5.41, 5.74) is 18.9. The number of hydrogen-bond acceptors (Lipinski definition) is 3. The molecule has 4 heterocycles. The van der Waals surface area contributed by atoms with Crippen molar-refractivity contribution < 1.29 is 4.74 Å². The maximum Gasteiger partial charge on any atom is 0.146 e. The van der Waals surface area contributed by atoms with Crippen molar-refractivity contribution in [3.63, 3.8) is 0 Å². The van der Waals surface area contributed by atoms with E-state index in [1.54, 1.807) is 0 Å². The second kappa shape index (κ2) is 15.6. The molecular weight excluding hydrogens is 817 g/mol. The van der Waals surface area contributed by atoms with Gasteiger partial charge in [-0.2, -0.15) is 0 Å². The minimum absolute atomic E-state index is 0.391. The van der Waals surface area contributed by atoms with E-state index >= 15 is 0 Å². The molecule has 0 unspecified atom stereocenters. The van der Waals surface area contributed by atoms with E-state index in [1.165, 1.54) is 55.3 Å². The van der Waals surface area contributed by atoms with Gasteiger partial charge in [0, 0.05) is 21.5 Å². The third-order valence-corrected chi connectivity index (χ3v) is 14.2. The Morgan fingerprint density at radius 2 is 0.776 bits per heavy atom. The van der Waals surface area contributed by atoms with Gasteiger partial charge in [0.15, 0.2) is 0 Å². The van der Waals surface area contributed by atoms with Crippen LogP contribution >= 0.6 is 0 Å². The zero-order valence-electron chi connectivity index (χ0n) is 39.5. The van der Waals surface area contributed by atoms with E-state index in [-0.39, 0.29) is 0 Å². The van der Waals surface area contributed by atoms with E-state index in [9.17, 15) is 0 Å². The monoisotopic (exact) mass is 870 g/mol. The van der Waals surface area contributed by atoms with E-state index in [1.807, 2.05) is 0 Å². The lowest BCUT2D eigenvalue weighted by Crippen LogP contribution is -2.00. The SMILES string of the molecule is CC(C)c1cccc(C(C)C)c1-c1ccc2c(c1)c1ccc(Oc3ccc4c5ccc(-c6c(C(C)C)cccc6C(C)C)cc5n5c6ccccc6nc5c4c3)cc1c1nc3ccccc3n21. The third-order valence-electron chi connectivity index (χ3n) is 14.2. The first-order valence-electron chi connectivity index (χ1n) is 24.0. The first-order valence-corrected chi connectivity index (χ1v) is 24.0. The summed E-state index contributed by atoms with van der Waals surface area (Å²) in [6.07, 6.45) is 0. The summed E-state index contributed by atoms with van der Waals surface area (Å²) >= 11 is 0. The van der Waals surface area contributed by atoms with Crippen molar-refractivity contribution in [2.45, 2.75) is 79.1 Å². The van der Waals surface area contributed by atoms with E-state index in [0.717, 1.165) is 77.4 Å². The van der Waals surface area contributed by atoms with Gasteiger partial charge in [-0.05, 0) is 158 Å². The number of pyridine rings is 2. The quantitative estimate of drug-likeness (QED) is 0.143. The van der Waals surface area contributed by atoms with Crippen LogP contribution in [0.1, 0.15) is 101 Å². The summed E-state index contributed by atoms with van der Waals surface area (Å²) in [5, 5.41) is 6.74. The smallest absolute Gasteiger partial charge is 0.146 e. The second-order valence-electron chi connectivity index (χ2n) is 19.7. The highest BCUT2D eigenvalue weighted by atomic mass is 16.5. The molecule has 0 bridgehead atoms. The molecule has 12 aromatic rings. The molecule has 0 saturated heterocycles. The van der Waals surface area contributed by atoms with Gasteiger partial charge in [0.05, 0.1) is 33.1 Å². The zero-order chi connectivity index (χ0) is 45.8. The maximum atomic E-state index is 6.92. The van der Waals surface area contributed by atoms with Crippen LogP contribution in [0.4, 0.5) is 0 Å². The standard InChI is InChI=1S/C62H54N4O/c1-35(2)43-15-13-16-44(36(3)4)59(43)39-24-30-55-50(31-39)48-29-26-42(34-52(48)61-63-53-19-9-11-21-56(53)65(55)61)67-41-25-28-47-49-27-23-40(60-45(37(5)6)17-14-18-46(60)38(7)8)32-58(49)66-57-22-12-10-20-54(57)64-62(66)51(47)33-41/h9-38H,1-8H3. The van der Waals surface area contributed by atoms with Crippen LogP contribution in [0.15, 0.2) is 158 Å². The molecule has 0 radical (unpaired) electrons. The maximum absolute atomic E-state index is 6.92. The number of imidazole rings is 2. The molecule has 0 saturated carbocycles. The minimum atomic E-state index is 0.391. The van der Waals surface area contributed by atoms with E-state index in [4.69, 9.17) is 14.7 Å². The molecule has 0 fully saturated rings. The van der Waals surface area contributed by atoms with Gasteiger partial charge in [0.2, 0.25) is 0 Å². The van der Waals surface area contributed by atoms with Crippen LogP contribution < -0.4 is 4.74 Å². The summed E-state index contributed by atoms with van der Waals surface area (Å²) < 4.78 is 11.6. The average molecular weight is 871 g/mol. The highest BCUT2D eigenvalue weighted by Gasteiger charge is 2.22. The molecule has 8 aromatic carbocycles. The molecule has 0 amide bonds. The number of benzene rings is 8. The minimum Gasteiger partial charge on any atom is -0.457 e. The molecule has 0 aliphatic rings. The van der Waals surface area contributed by atoms with E-state index in [0.29, 0.717) is 23.7 Å². The van der Waals surface area contributed by atoms with Gasteiger partial charge < -0.3 is 4.74 Å². The summed E-state index contributed by atoms with van der Waals surface area (Å²) in [6.45, 7) is 18.4. The zero-order valence-corrected chi connectivity index (χ0v) is 39.5. The Bertz CT molecular complexity index is 3920. The number of fused-ring (bicyclic) bond motifs is 16. The van der Waals surface area contributed by atoms with Crippen LogP contribution in [0.25, 0.3) is 99.0 Å². The molecule has 0 atom stereocenters. The Morgan fingerprint density at radius 3 is 1.28 bits per heavy atom. The van der Waals surface area contributed by atoms with Gasteiger partial charge in [0.25, 0.3) is 0 Å². The van der Waals surface area contributed by atoms with Gasteiger partial charge in [0.1, 0.15) is 22.8 Å². The second-order valence-corrected chi connectivity index (χ2v) is 19.7. The number of hydrogen-bond donors (Lipinski definition) is 0. The van der Waals surface area contributed by atoms with Gasteiger partial charge >= 0.3 is 0 Å². The van der Waals surface area contributed by atoms with Crippen LogP contribution in [-0.2, 0) is 0 Å². The summed E-state index contributed by atoms with van der Waals surface area (Å²) in [5.74, 6) is 3.07. The Hall–Kier alpha value is -7.50. The van der Waals surface area contributed by atoms with E-state index in [2.05, 4.69) is 222 Å². The molecule has 328 valence electrons. The van der Waals surface area contributed by atoms with Crippen LogP contribution in [0, 0.1) is 0 Å². The molecule has 0 spiro atoms. The molecule has 12 rings (SSSR count). The lowest BCUT2D eigenvalue weighted by molar-refractivity contribution is 0.484. The normalized spacial score (nSPS) is 12.4. The molecule has 4 aromatic heterocycles. The summed E-state index contributed by atoms with van der Waals surface area (Å²) in [7, 11) is 0. The predicted octanol–water partition coefficient (Wildman–Crippen LogP) is 17.5. The molecule has 0 aliphatic carbocycles. The fourth-order valence-corrected chi connectivity index (χ4v) is 11.0. The van der Waals surface area contributed by atoms with Crippen molar-refractivity contribution in [2.24, 2.45) is 0 Å². The summed E-state index contributed by atoms with van der Waals surface area (Å²) in [4.78, 5) is 10.6. The lowest BCUT2D eigenvalue weighted by Gasteiger charge is -2.21.